The summed E-state index contributed by atoms with van der Waals surface area (Å²) in [7, 11) is 2.06. The molecular formula is C13H19NO. The lowest BCUT2D eigenvalue weighted by Crippen LogP contribution is -2.46. The Labute approximate surface area is 91.5 Å². The van der Waals surface area contributed by atoms with E-state index >= 15 is 0 Å². The van der Waals surface area contributed by atoms with E-state index in [1.54, 1.807) is 0 Å². The molecule has 1 aliphatic heterocycles. The SMILES string of the molecule is Cc1cccc2c1CC(C(C)(C)O)N2C. The summed E-state index contributed by atoms with van der Waals surface area (Å²) in [4.78, 5) is 2.20. The smallest absolute Gasteiger partial charge is 0.0797 e. The molecule has 1 unspecified atom stereocenters. The first kappa shape index (κ1) is 10.5. The summed E-state index contributed by atoms with van der Waals surface area (Å²) in [5.74, 6) is 0. The van der Waals surface area contributed by atoms with E-state index in [1.807, 2.05) is 13.8 Å². The summed E-state index contributed by atoms with van der Waals surface area (Å²) in [5, 5.41) is 10.1. The lowest BCUT2D eigenvalue weighted by atomic mass is 9.94. The number of rotatable bonds is 1. The van der Waals surface area contributed by atoms with E-state index < -0.39 is 5.60 Å². The number of aliphatic hydroxyl groups is 1. The van der Waals surface area contributed by atoms with Crippen LogP contribution in [0.1, 0.15) is 25.0 Å². The molecule has 0 saturated carbocycles. The van der Waals surface area contributed by atoms with Crippen molar-refractivity contribution in [3.05, 3.63) is 29.3 Å². The lowest BCUT2D eigenvalue weighted by Gasteiger charge is -2.32. The molecule has 0 radical (unpaired) electrons. The largest absolute Gasteiger partial charge is 0.388 e. The van der Waals surface area contributed by atoms with Crippen molar-refractivity contribution >= 4 is 5.69 Å². The maximum absolute atomic E-state index is 10.1. The molecule has 0 saturated heterocycles. The van der Waals surface area contributed by atoms with Gasteiger partial charge in [0.25, 0.3) is 0 Å². The van der Waals surface area contributed by atoms with Crippen LogP contribution >= 0.6 is 0 Å². The zero-order chi connectivity index (χ0) is 11.2. The number of hydrogen-bond acceptors (Lipinski definition) is 2. The van der Waals surface area contributed by atoms with Crippen molar-refractivity contribution in [1.82, 2.24) is 0 Å². The number of hydrogen-bond donors (Lipinski definition) is 1. The third-order valence-electron chi connectivity index (χ3n) is 3.45. The van der Waals surface area contributed by atoms with Crippen LogP contribution in [0.5, 0.6) is 0 Å². The standard InChI is InChI=1S/C13H19NO/c1-9-6-5-7-11-10(9)8-12(14(11)4)13(2,3)15/h5-7,12,15H,8H2,1-4H3. The molecule has 0 aromatic heterocycles. The number of aryl methyl sites for hydroxylation is 1. The van der Waals surface area contributed by atoms with Crippen LogP contribution in [0.15, 0.2) is 18.2 Å². The minimum atomic E-state index is -0.653. The first-order chi connectivity index (χ1) is 6.91. The molecule has 0 fully saturated rings. The van der Waals surface area contributed by atoms with E-state index in [2.05, 4.69) is 37.1 Å². The minimum absolute atomic E-state index is 0.189. The maximum Gasteiger partial charge on any atom is 0.0797 e. The average molecular weight is 205 g/mol. The van der Waals surface area contributed by atoms with Gasteiger partial charge in [0, 0.05) is 12.7 Å². The molecule has 1 heterocycles. The molecule has 2 nitrogen and oxygen atoms in total. The molecule has 2 rings (SSSR count). The van der Waals surface area contributed by atoms with Crippen LogP contribution in [0, 0.1) is 6.92 Å². The van der Waals surface area contributed by atoms with Crippen molar-refractivity contribution in [3.8, 4) is 0 Å². The third-order valence-corrected chi connectivity index (χ3v) is 3.45. The second-order valence-electron chi connectivity index (χ2n) is 5.06. The van der Waals surface area contributed by atoms with Gasteiger partial charge in [-0.1, -0.05) is 12.1 Å². The van der Waals surface area contributed by atoms with Gasteiger partial charge in [-0.05, 0) is 44.4 Å². The molecule has 15 heavy (non-hydrogen) atoms. The summed E-state index contributed by atoms with van der Waals surface area (Å²) in [6.07, 6.45) is 0.946. The highest BCUT2D eigenvalue weighted by Gasteiger charge is 2.37. The number of benzene rings is 1. The van der Waals surface area contributed by atoms with Crippen LogP contribution in [-0.4, -0.2) is 23.8 Å². The van der Waals surface area contributed by atoms with Gasteiger partial charge < -0.3 is 10.0 Å². The summed E-state index contributed by atoms with van der Waals surface area (Å²) in [5.41, 5.74) is 3.32. The maximum atomic E-state index is 10.1. The molecule has 0 spiro atoms. The zero-order valence-corrected chi connectivity index (χ0v) is 9.91. The molecule has 0 bridgehead atoms. The van der Waals surface area contributed by atoms with Crippen molar-refractivity contribution in [1.29, 1.82) is 0 Å². The van der Waals surface area contributed by atoms with Gasteiger partial charge in [0.1, 0.15) is 0 Å². The number of likely N-dealkylation sites (N-methyl/N-ethyl adjacent to an activating group) is 1. The Kier molecular flexibility index (Phi) is 2.27. The van der Waals surface area contributed by atoms with E-state index in [1.165, 1.54) is 16.8 Å². The summed E-state index contributed by atoms with van der Waals surface area (Å²) >= 11 is 0. The zero-order valence-electron chi connectivity index (χ0n) is 9.91. The van der Waals surface area contributed by atoms with Crippen molar-refractivity contribution in [2.75, 3.05) is 11.9 Å². The molecule has 1 atom stereocenters. The van der Waals surface area contributed by atoms with Crippen LogP contribution in [0.2, 0.25) is 0 Å². The van der Waals surface area contributed by atoms with E-state index in [4.69, 9.17) is 0 Å². The normalized spacial score (nSPS) is 20.6. The number of fused-ring (bicyclic) bond motifs is 1. The average Bonchev–Trinajstić information content (AvgIpc) is 2.45. The Hall–Kier alpha value is -1.02. The van der Waals surface area contributed by atoms with Crippen molar-refractivity contribution < 1.29 is 5.11 Å². The second-order valence-corrected chi connectivity index (χ2v) is 5.06. The number of nitrogens with zero attached hydrogens (tertiary/aromatic N) is 1. The van der Waals surface area contributed by atoms with E-state index in [0.29, 0.717) is 0 Å². The second kappa shape index (κ2) is 3.24. The molecule has 2 heteroatoms. The summed E-state index contributed by atoms with van der Waals surface area (Å²) in [6, 6.07) is 6.54. The van der Waals surface area contributed by atoms with Gasteiger partial charge in [-0.25, -0.2) is 0 Å². The van der Waals surface area contributed by atoms with Gasteiger partial charge in [0.2, 0.25) is 0 Å². The quantitative estimate of drug-likeness (QED) is 0.759. The van der Waals surface area contributed by atoms with Crippen LogP contribution in [0.3, 0.4) is 0 Å². The fraction of sp³-hybridized carbons (Fsp3) is 0.538. The highest BCUT2D eigenvalue weighted by Crippen LogP contribution is 2.36. The monoisotopic (exact) mass is 205 g/mol. The van der Waals surface area contributed by atoms with Crippen molar-refractivity contribution in [3.63, 3.8) is 0 Å². The number of anilines is 1. The van der Waals surface area contributed by atoms with Crippen LogP contribution in [0.25, 0.3) is 0 Å². The highest BCUT2D eigenvalue weighted by molar-refractivity contribution is 5.62. The van der Waals surface area contributed by atoms with E-state index in [0.717, 1.165) is 6.42 Å². The first-order valence-electron chi connectivity index (χ1n) is 5.45. The predicted molar refractivity (Wildman–Crippen MR) is 63.4 cm³/mol. The molecule has 1 aromatic carbocycles. The molecular weight excluding hydrogens is 186 g/mol. The molecule has 1 aliphatic rings. The first-order valence-corrected chi connectivity index (χ1v) is 5.45. The van der Waals surface area contributed by atoms with Gasteiger partial charge in [0.15, 0.2) is 0 Å². The molecule has 0 aliphatic carbocycles. The molecule has 0 amide bonds. The van der Waals surface area contributed by atoms with Crippen LogP contribution < -0.4 is 4.90 Å². The van der Waals surface area contributed by atoms with Gasteiger partial charge in [0.05, 0.1) is 11.6 Å². The van der Waals surface area contributed by atoms with Crippen molar-refractivity contribution in [2.45, 2.75) is 38.8 Å². The van der Waals surface area contributed by atoms with E-state index in [9.17, 15) is 5.11 Å². The Balaban J connectivity index is 2.42. The lowest BCUT2D eigenvalue weighted by molar-refractivity contribution is 0.0533. The topological polar surface area (TPSA) is 23.5 Å². The third kappa shape index (κ3) is 1.63. The van der Waals surface area contributed by atoms with Crippen LogP contribution in [-0.2, 0) is 6.42 Å². The fourth-order valence-electron chi connectivity index (χ4n) is 2.50. The van der Waals surface area contributed by atoms with E-state index in [-0.39, 0.29) is 6.04 Å². The molecule has 1 N–H and O–H groups in total. The minimum Gasteiger partial charge on any atom is -0.388 e. The Morgan fingerprint density at radius 3 is 2.60 bits per heavy atom. The highest BCUT2D eigenvalue weighted by atomic mass is 16.3. The van der Waals surface area contributed by atoms with Crippen LogP contribution in [0.4, 0.5) is 5.69 Å². The van der Waals surface area contributed by atoms with Gasteiger partial charge in [-0.2, -0.15) is 0 Å². The van der Waals surface area contributed by atoms with Gasteiger partial charge in [-0.15, -0.1) is 0 Å². The summed E-state index contributed by atoms with van der Waals surface area (Å²) in [6.45, 7) is 5.91. The Morgan fingerprint density at radius 1 is 1.40 bits per heavy atom. The Morgan fingerprint density at radius 2 is 2.07 bits per heavy atom. The van der Waals surface area contributed by atoms with Gasteiger partial charge in [-0.3, -0.25) is 0 Å². The molecule has 82 valence electrons. The Bertz CT molecular complexity index is 379. The van der Waals surface area contributed by atoms with Crippen molar-refractivity contribution in [2.24, 2.45) is 0 Å². The summed E-state index contributed by atoms with van der Waals surface area (Å²) < 4.78 is 0. The van der Waals surface area contributed by atoms with Gasteiger partial charge >= 0.3 is 0 Å². The molecule has 1 aromatic rings. The fourth-order valence-corrected chi connectivity index (χ4v) is 2.50. The predicted octanol–water partition coefficient (Wildman–Crippen LogP) is 2.13.